The highest BCUT2D eigenvalue weighted by Crippen LogP contribution is 2.27. The summed E-state index contributed by atoms with van der Waals surface area (Å²) in [5.74, 6) is 1.21. The van der Waals surface area contributed by atoms with Crippen LogP contribution in [0.15, 0.2) is 42.5 Å². The lowest BCUT2D eigenvalue weighted by Gasteiger charge is -2.36. The third-order valence-corrected chi connectivity index (χ3v) is 6.74. The van der Waals surface area contributed by atoms with Crippen molar-refractivity contribution in [3.05, 3.63) is 53.6 Å². The van der Waals surface area contributed by atoms with Crippen molar-refractivity contribution in [1.29, 1.82) is 0 Å². The van der Waals surface area contributed by atoms with Crippen LogP contribution in [-0.4, -0.2) is 74.7 Å². The minimum Gasteiger partial charge on any atom is -0.496 e. The Morgan fingerprint density at radius 1 is 1.14 bits per heavy atom. The first-order valence-electron chi connectivity index (χ1n) is 12.5. The topological polar surface area (TPSA) is 80.3 Å². The van der Waals surface area contributed by atoms with Crippen molar-refractivity contribution >= 4 is 17.5 Å². The lowest BCUT2D eigenvalue weighted by molar-refractivity contribution is -0.115. The molecule has 196 valence electrons. The molecule has 0 bridgehead atoms. The maximum Gasteiger partial charge on any atom is 0.257 e. The Morgan fingerprint density at radius 3 is 2.58 bits per heavy atom. The number of carbonyl (C=O) groups is 2. The Hall–Kier alpha value is -3.10. The van der Waals surface area contributed by atoms with Gasteiger partial charge in [-0.15, -0.1) is 0 Å². The molecule has 36 heavy (non-hydrogen) atoms. The number of nitrogens with one attached hydrogen (secondary N) is 1. The zero-order valence-electron chi connectivity index (χ0n) is 22.2. The van der Waals surface area contributed by atoms with Crippen molar-refractivity contribution in [3.8, 4) is 11.5 Å². The van der Waals surface area contributed by atoms with Gasteiger partial charge in [0.2, 0.25) is 5.91 Å². The van der Waals surface area contributed by atoms with E-state index in [0.717, 1.165) is 17.9 Å². The van der Waals surface area contributed by atoms with Crippen molar-refractivity contribution < 1.29 is 23.8 Å². The summed E-state index contributed by atoms with van der Waals surface area (Å²) in [4.78, 5) is 29.4. The fraction of sp³-hybridized carbons (Fsp3) is 0.500. The number of nitrogens with zero attached hydrogens (tertiary/aromatic N) is 2. The number of anilines is 1. The molecule has 0 unspecified atom stereocenters. The molecule has 0 aliphatic carbocycles. The summed E-state index contributed by atoms with van der Waals surface area (Å²) in [6, 6.07) is 13.3. The number of rotatable bonds is 6. The van der Waals surface area contributed by atoms with Gasteiger partial charge in [-0.25, -0.2) is 0 Å². The summed E-state index contributed by atoms with van der Waals surface area (Å²) < 4.78 is 17.7. The molecule has 1 aliphatic heterocycles. The summed E-state index contributed by atoms with van der Waals surface area (Å²) in [6.07, 6.45) is 0.201. The van der Waals surface area contributed by atoms with Gasteiger partial charge in [-0.05, 0) is 37.1 Å². The normalized spacial score (nSPS) is 21.6. The van der Waals surface area contributed by atoms with E-state index < -0.39 is 0 Å². The molecule has 0 saturated carbocycles. The summed E-state index contributed by atoms with van der Waals surface area (Å²) in [5, 5.41) is 2.83. The van der Waals surface area contributed by atoms with E-state index in [0.29, 0.717) is 43.1 Å². The first-order valence-corrected chi connectivity index (χ1v) is 12.5. The minimum absolute atomic E-state index is 0.0504. The molecule has 2 aromatic rings. The molecule has 2 amide bonds. The predicted octanol–water partition coefficient (Wildman–Crippen LogP) is 4.05. The van der Waals surface area contributed by atoms with Gasteiger partial charge in [0.25, 0.3) is 5.91 Å². The van der Waals surface area contributed by atoms with Crippen molar-refractivity contribution in [2.24, 2.45) is 5.92 Å². The van der Waals surface area contributed by atoms with E-state index in [2.05, 4.69) is 30.1 Å². The monoisotopic (exact) mass is 497 g/mol. The van der Waals surface area contributed by atoms with Gasteiger partial charge in [0.05, 0.1) is 18.8 Å². The van der Waals surface area contributed by atoms with Gasteiger partial charge in [0.15, 0.2) is 0 Å². The van der Waals surface area contributed by atoms with Crippen LogP contribution in [0, 0.1) is 5.92 Å². The number of likely N-dealkylation sites (N-methyl/N-ethyl adjacent to an activating group) is 1. The first-order chi connectivity index (χ1) is 17.3. The summed E-state index contributed by atoms with van der Waals surface area (Å²) in [7, 11) is 5.14. The molecule has 3 rings (SSSR count). The van der Waals surface area contributed by atoms with Crippen LogP contribution in [0.5, 0.6) is 11.5 Å². The second-order valence-electron chi connectivity index (χ2n) is 9.45. The van der Waals surface area contributed by atoms with Crippen molar-refractivity contribution in [2.75, 3.05) is 46.3 Å². The Morgan fingerprint density at radius 2 is 1.89 bits per heavy atom. The average Bonchev–Trinajstić information content (AvgIpc) is 2.89. The zero-order valence-corrected chi connectivity index (χ0v) is 22.2. The van der Waals surface area contributed by atoms with E-state index in [-0.39, 0.29) is 29.9 Å². The second kappa shape index (κ2) is 12.7. The fourth-order valence-electron chi connectivity index (χ4n) is 4.45. The van der Waals surface area contributed by atoms with Crippen LogP contribution in [-0.2, 0) is 16.1 Å². The van der Waals surface area contributed by atoms with Gasteiger partial charge in [-0.3, -0.25) is 14.5 Å². The third kappa shape index (κ3) is 6.77. The van der Waals surface area contributed by atoms with Crippen molar-refractivity contribution in [2.45, 2.75) is 45.9 Å². The first kappa shape index (κ1) is 27.5. The standard InChI is InChI=1S/C28H39N3O5/c1-7-27(32)29-22-12-13-25-23(14-22)28(33)30(4)17-26(35-6)19(2)15-31(20(3)18-36-25)16-21-10-8-9-11-24(21)34-5/h8-14,19-20,26H,7,15-18H2,1-6H3,(H,29,32)/t19-,20+,26-/m1/s1. The molecular formula is C28H39N3O5. The van der Waals surface area contributed by atoms with E-state index in [4.69, 9.17) is 14.2 Å². The van der Waals surface area contributed by atoms with Gasteiger partial charge < -0.3 is 24.4 Å². The van der Waals surface area contributed by atoms with Crippen molar-refractivity contribution in [3.63, 3.8) is 0 Å². The Labute approximate surface area is 214 Å². The van der Waals surface area contributed by atoms with Crippen LogP contribution in [0.1, 0.15) is 43.1 Å². The molecule has 8 heteroatoms. The highest BCUT2D eigenvalue weighted by Gasteiger charge is 2.29. The van der Waals surface area contributed by atoms with Gasteiger partial charge in [-0.1, -0.05) is 32.0 Å². The van der Waals surface area contributed by atoms with E-state index in [1.807, 2.05) is 18.2 Å². The zero-order chi connectivity index (χ0) is 26.2. The highest BCUT2D eigenvalue weighted by molar-refractivity contribution is 5.99. The Kier molecular flexibility index (Phi) is 9.73. The van der Waals surface area contributed by atoms with Gasteiger partial charge in [0.1, 0.15) is 18.1 Å². The maximum atomic E-state index is 13.4. The molecule has 0 spiro atoms. The van der Waals surface area contributed by atoms with Crippen LogP contribution >= 0.6 is 0 Å². The van der Waals surface area contributed by atoms with Crippen LogP contribution in [0.2, 0.25) is 0 Å². The van der Waals surface area contributed by atoms with Gasteiger partial charge >= 0.3 is 0 Å². The van der Waals surface area contributed by atoms with E-state index in [1.54, 1.807) is 51.3 Å². The minimum atomic E-state index is -0.175. The van der Waals surface area contributed by atoms with E-state index >= 15 is 0 Å². The molecule has 3 atom stereocenters. The lowest BCUT2D eigenvalue weighted by Crippen LogP contribution is -2.46. The number of methoxy groups -OCH3 is 2. The molecular weight excluding hydrogens is 458 g/mol. The molecule has 8 nitrogen and oxygen atoms in total. The van der Waals surface area contributed by atoms with E-state index in [1.165, 1.54) is 0 Å². The van der Waals surface area contributed by atoms with Gasteiger partial charge in [0, 0.05) is 57.5 Å². The Balaban J connectivity index is 1.95. The summed E-state index contributed by atoms with van der Waals surface area (Å²) >= 11 is 0. The second-order valence-corrected chi connectivity index (χ2v) is 9.45. The largest absolute Gasteiger partial charge is 0.496 e. The number of ether oxygens (including phenoxy) is 3. The van der Waals surface area contributed by atoms with Crippen LogP contribution in [0.25, 0.3) is 0 Å². The molecule has 2 aromatic carbocycles. The summed E-state index contributed by atoms with van der Waals surface area (Å²) in [5.41, 5.74) is 2.09. The lowest BCUT2D eigenvalue weighted by atomic mass is 10.0. The van der Waals surface area contributed by atoms with Crippen LogP contribution < -0.4 is 14.8 Å². The molecule has 1 N–H and O–H groups in total. The maximum absolute atomic E-state index is 13.4. The smallest absolute Gasteiger partial charge is 0.257 e. The molecule has 0 fully saturated rings. The number of hydrogen-bond donors (Lipinski definition) is 1. The number of fused-ring (bicyclic) bond motifs is 1. The number of para-hydroxylation sites is 1. The number of amides is 2. The van der Waals surface area contributed by atoms with Gasteiger partial charge in [-0.2, -0.15) is 0 Å². The Bertz CT molecular complexity index is 1040. The summed E-state index contributed by atoms with van der Waals surface area (Å²) in [6.45, 7) is 8.33. The van der Waals surface area contributed by atoms with Crippen molar-refractivity contribution in [1.82, 2.24) is 9.80 Å². The fourth-order valence-corrected chi connectivity index (χ4v) is 4.45. The SMILES string of the molecule is CCC(=O)Nc1ccc2c(c1)C(=O)N(C)C[C@@H](OC)[C@H](C)CN(Cc1ccccc1OC)[C@@H](C)CO2. The molecule has 1 heterocycles. The highest BCUT2D eigenvalue weighted by atomic mass is 16.5. The van der Waals surface area contributed by atoms with Crippen LogP contribution in [0.3, 0.4) is 0 Å². The average molecular weight is 498 g/mol. The third-order valence-electron chi connectivity index (χ3n) is 6.74. The van der Waals surface area contributed by atoms with Crippen LogP contribution in [0.4, 0.5) is 5.69 Å². The predicted molar refractivity (Wildman–Crippen MR) is 141 cm³/mol. The number of carbonyl (C=O) groups excluding carboxylic acids is 2. The molecule has 0 aromatic heterocycles. The molecule has 0 radical (unpaired) electrons. The molecule has 0 saturated heterocycles. The van der Waals surface area contributed by atoms with E-state index in [9.17, 15) is 9.59 Å². The molecule has 1 aliphatic rings. The number of hydrogen-bond acceptors (Lipinski definition) is 6. The number of benzene rings is 2. The quantitative estimate of drug-likeness (QED) is 0.649.